The number of nitrogens with zero attached hydrogens (tertiary/aromatic N) is 2. The molecule has 0 saturated carbocycles. The third-order valence-corrected chi connectivity index (χ3v) is 6.00. The molecule has 1 aliphatic rings. The molecule has 1 aromatic heterocycles. The highest BCUT2D eigenvalue weighted by Gasteiger charge is 2.34. The first-order valence-corrected chi connectivity index (χ1v) is 10.6. The number of ketones is 1. The van der Waals surface area contributed by atoms with Gasteiger partial charge in [0.05, 0.1) is 21.8 Å². The lowest BCUT2D eigenvalue weighted by atomic mass is 9.95. The fraction of sp³-hybridized carbons (Fsp3) is 0.125. The number of alkyl halides is 3. The zero-order valence-electron chi connectivity index (χ0n) is 17.6. The van der Waals surface area contributed by atoms with E-state index in [2.05, 4.69) is 5.32 Å². The fourth-order valence-corrected chi connectivity index (χ4v) is 4.55. The van der Waals surface area contributed by atoms with Gasteiger partial charge >= 0.3 is 6.18 Å². The zero-order valence-corrected chi connectivity index (χ0v) is 19.2. The van der Waals surface area contributed by atoms with Crippen molar-refractivity contribution in [3.05, 3.63) is 86.2 Å². The van der Waals surface area contributed by atoms with Gasteiger partial charge < -0.3 is 9.88 Å². The summed E-state index contributed by atoms with van der Waals surface area (Å²) in [7, 11) is 0. The van der Waals surface area contributed by atoms with Crippen molar-refractivity contribution >= 4 is 46.2 Å². The van der Waals surface area contributed by atoms with Crippen LogP contribution in [0.25, 0.3) is 11.3 Å². The zero-order chi connectivity index (χ0) is 24.9. The number of nitriles is 1. The van der Waals surface area contributed by atoms with Crippen LogP contribution in [0.15, 0.2) is 48.0 Å². The van der Waals surface area contributed by atoms with E-state index in [9.17, 15) is 28.0 Å². The van der Waals surface area contributed by atoms with Crippen LogP contribution in [0.5, 0.6) is 0 Å². The molecule has 0 unspecified atom stereocenters. The summed E-state index contributed by atoms with van der Waals surface area (Å²) in [5.41, 5.74) is 0.0987. The molecule has 1 N–H and O–H groups in total. The van der Waals surface area contributed by atoms with E-state index in [1.807, 2.05) is 0 Å². The second kappa shape index (κ2) is 8.35. The quantitative estimate of drug-likeness (QED) is 0.250. The molecule has 5 nitrogen and oxygen atoms in total. The fourth-order valence-electron chi connectivity index (χ4n) is 4.01. The average Bonchev–Trinajstić information content (AvgIpc) is 3.24. The van der Waals surface area contributed by atoms with Gasteiger partial charge in [-0.25, -0.2) is 0 Å². The highest BCUT2D eigenvalue weighted by Crippen LogP contribution is 2.41. The number of aromatic nitrogens is 1. The van der Waals surface area contributed by atoms with Crippen LogP contribution >= 0.6 is 23.2 Å². The van der Waals surface area contributed by atoms with E-state index >= 15 is 0 Å². The van der Waals surface area contributed by atoms with Gasteiger partial charge in [-0.15, -0.1) is 0 Å². The Morgan fingerprint density at radius 2 is 1.82 bits per heavy atom. The number of carbonyl (C=O) groups excluding carboxylic acids is 2. The molecule has 172 valence electrons. The minimum Gasteiger partial charge on any atom is -0.320 e. The third kappa shape index (κ3) is 3.87. The maximum absolute atomic E-state index is 13.4. The number of fused-ring (bicyclic) bond motifs is 1. The number of anilines is 1. The summed E-state index contributed by atoms with van der Waals surface area (Å²) in [6.07, 6.45) is -4.53. The lowest BCUT2D eigenvalue weighted by molar-refractivity contribution is -0.137. The number of hydrogen-bond acceptors (Lipinski definition) is 3. The normalized spacial score (nSPS) is 14.5. The van der Waals surface area contributed by atoms with Gasteiger partial charge in [0.15, 0.2) is 0 Å². The molecule has 0 aliphatic carbocycles. The van der Waals surface area contributed by atoms with Gasteiger partial charge in [-0.3, -0.25) is 9.59 Å². The maximum atomic E-state index is 13.4. The van der Waals surface area contributed by atoms with Crippen LogP contribution in [0.3, 0.4) is 0 Å². The van der Waals surface area contributed by atoms with Gasteiger partial charge in [-0.1, -0.05) is 29.3 Å². The van der Waals surface area contributed by atoms with Crippen LogP contribution in [0.4, 0.5) is 18.9 Å². The molecule has 4 rings (SSSR count). The second-order valence-electron chi connectivity index (χ2n) is 7.62. The Balaban J connectivity index is 1.86. The summed E-state index contributed by atoms with van der Waals surface area (Å²) in [6.45, 7) is 3.18. The van der Waals surface area contributed by atoms with Crippen LogP contribution < -0.4 is 5.32 Å². The van der Waals surface area contributed by atoms with Gasteiger partial charge in [0.25, 0.3) is 5.91 Å². The van der Waals surface area contributed by atoms with E-state index in [4.69, 9.17) is 23.2 Å². The molecule has 1 aliphatic heterocycles. The molecule has 10 heteroatoms. The molecule has 0 bridgehead atoms. The monoisotopic (exact) mass is 503 g/mol. The number of hydrogen-bond donors (Lipinski definition) is 1. The van der Waals surface area contributed by atoms with Crippen LogP contribution in [0.2, 0.25) is 10.0 Å². The smallest absolute Gasteiger partial charge is 0.320 e. The number of carbonyl (C=O) groups is 2. The van der Waals surface area contributed by atoms with Crippen molar-refractivity contribution in [2.24, 2.45) is 0 Å². The van der Waals surface area contributed by atoms with Crippen LogP contribution in [0.1, 0.15) is 32.9 Å². The summed E-state index contributed by atoms with van der Waals surface area (Å²) in [6, 6.07) is 10.8. The number of allylic oxidation sites excluding steroid dienone is 1. The lowest BCUT2D eigenvalue weighted by Gasteiger charge is -2.13. The van der Waals surface area contributed by atoms with E-state index in [0.29, 0.717) is 11.4 Å². The van der Waals surface area contributed by atoms with Crippen LogP contribution in [0, 0.1) is 25.2 Å². The van der Waals surface area contributed by atoms with Gasteiger partial charge in [0.1, 0.15) is 11.6 Å². The lowest BCUT2D eigenvalue weighted by Crippen LogP contribution is -2.12. The van der Waals surface area contributed by atoms with Crippen LogP contribution in [-0.2, 0) is 11.0 Å². The topological polar surface area (TPSA) is 74.9 Å². The Labute approximate surface area is 202 Å². The van der Waals surface area contributed by atoms with E-state index in [1.165, 1.54) is 34.9 Å². The largest absolute Gasteiger partial charge is 0.416 e. The Hall–Kier alpha value is -3.54. The number of halogens is 5. The molecule has 2 aromatic carbocycles. The second-order valence-corrected chi connectivity index (χ2v) is 8.47. The number of benzene rings is 2. The molecule has 1 amide bonds. The van der Waals surface area contributed by atoms with Crippen molar-refractivity contribution in [3.8, 4) is 11.8 Å². The first kappa shape index (κ1) is 23.6. The highest BCUT2D eigenvalue weighted by atomic mass is 35.5. The highest BCUT2D eigenvalue weighted by molar-refractivity contribution is 6.44. The molecule has 0 radical (unpaired) electrons. The standard InChI is InChI=1S/C24H14Cl2F3N3O2/c1-11-6-16(12(2)32(11)15-5-3-4-13(7-15)24(27,28)29)22(33)18(10-30)20-17-8-14(25)9-19(26)21(17)31-23(20)34/h3-9H,1-2H3,(H,31,34)/b20-18-. The number of rotatable bonds is 3. The summed E-state index contributed by atoms with van der Waals surface area (Å²) in [4.78, 5) is 26.1. The summed E-state index contributed by atoms with van der Waals surface area (Å²) in [5.74, 6) is -1.43. The molecular weight excluding hydrogens is 490 g/mol. The Morgan fingerprint density at radius 1 is 1.12 bits per heavy atom. The van der Waals surface area contributed by atoms with Crippen molar-refractivity contribution in [1.82, 2.24) is 4.57 Å². The van der Waals surface area contributed by atoms with Crippen molar-refractivity contribution < 1.29 is 22.8 Å². The van der Waals surface area contributed by atoms with E-state index in [1.54, 1.807) is 19.9 Å². The minimum absolute atomic E-state index is 0.0772. The predicted octanol–water partition coefficient (Wildman–Crippen LogP) is 6.53. The SMILES string of the molecule is Cc1cc(C(=O)/C(C#N)=C2\C(=O)Nc3c(Cl)cc(Cl)cc32)c(C)n1-c1cccc(C(F)(F)F)c1. The Kier molecular flexibility index (Phi) is 5.80. The van der Waals surface area contributed by atoms with Crippen molar-refractivity contribution in [1.29, 1.82) is 5.26 Å². The number of Topliss-reactive ketones (excluding diaryl/α,β-unsaturated/α-hetero) is 1. The summed E-state index contributed by atoms with van der Waals surface area (Å²) < 4.78 is 41.1. The molecule has 0 saturated heterocycles. The van der Waals surface area contributed by atoms with Gasteiger partial charge in [0, 0.05) is 33.2 Å². The number of nitrogens with one attached hydrogen (secondary N) is 1. The molecule has 2 heterocycles. The van der Waals surface area contributed by atoms with Crippen LogP contribution in [-0.4, -0.2) is 16.3 Å². The predicted molar refractivity (Wildman–Crippen MR) is 122 cm³/mol. The molecule has 3 aromatic rings. The molecule has 0 spiro atoms. The van der Waals surface area contributed by atoms with Gasteiger partial charge in [0.2, 0.25) is 5.78 Å². The molecule has 0 fully saturated rings. The van der Waals surface area contributed by atoms with Crippen molar-refractivity contribution in [3.63, 3.8) is 0 Å². The first-order chi connectivity index (χ1) is 15.9. The van der Waals surface area contributed by atoms with E-state index in [0.717, 1.165) is 12.1 Å². The Bertz CT molecular complexity index is 1460. The van der Waals surface area contributed by atoms with E-state index < -0.39 is 29.0 Å². The summed E-state index contributed by atoms with van der Waals surface area (Å²) in [5, 5.41) is 12.7. The minimum atomic E-state index is -4.53. The number of amides is 1. The average molecular weight is 504 g/mol. The molecular formula is C24H14Cl2F3N3O2. The van der Waals surface area contributed by atoms with E-state index in [-0.39, 0.29) is 38.1 Å². The third-order valence-electron chi connectivity index (χ3n) is 5.49. The van der Waals surface area contributed by atoms with Gasteiger partial charge in [-0.05, 0) is 50.2 Å². The first-order valence-electron chi connectivity index (χ1n) is 9.80. The van der Waals surface area contributed by atoms with Crippen molar-refractivity contribution in [2.45, 2.75) is 20.0 Å². The molecule has 34 heavy (non-hydrogen) atoms. The number of aryl methyl sites for hydroxylation is 1. The molecule has 0 atom stereocenters. The summed E-state index contributed by atoms with van der Waals surface area (Å²) >= 11 is 12.2. The Morgan fingerprint density at radius 3 is 2.47 bits per heavy atom. The maximum Gasteiger partial charge on any atom is 0.416 e. The van der Waals surface area contributed by atoms with Gasteiger partial charge in [-0.2, -0.15) is 18.4 Å². The van der Waals surface area contributed by atoms with Crippen molar-refractivity contribution in [2.75, 3.05) is 5.32 Å².